The number of hydrogen-bond donors (Lipinski definition) is 2. The molecule has 1 aromatic heterocycles. The van der Waals surface area contributed by atoms with E-state index in [2.05, 4.69) is 56.4 Å². The van der Waals surface area contributed by atoms with E-state index in [9.17, 15) is 4.79 Å². The molecule has 0 unspecified atom stereocenters. The highest BCUT2D eigenvalue weighted by molar-refractivity contribution is 5.74. The van der Waals surface area contributed by atoms with Gasteiger partial charge in [-0.1, -0.05) is 13.0 Å². The number of nitrogens with zero attached hydrogens (tertiary/aromatic N) is 4. The molecule has 0 saturated carbocycles. The predicted octanol–water partition coefficient (Wildman–Crippen LogP) is 1.12. The van der Waals surface area contributed by atoms with Crippen LogP contribution in [0.3, 0.4) is 0 Å². The maximum atomic E-state index is 12.1. The van der Waals surface area contributed by atoms with E-state index in [0.29, 0.717) is 6.54 Å². The van der Waals surface area contributed by atoms with Gasteiger partial charge in [0.25, 0.3) is 0 Å². The zero-order valence-electron chi connectivity index (χ0n) is 16.1. The Hall–Kier alpha value is -1.86. The van der Waals surface area contributed by atoms with Crippen molar-refractivity contribution >= 4 is 11.8 Å². The summed E-state index contributed by atoms with van der Waals surface area (Å²) in [5.74, 6) is 1.03. The molecule has 0 aromatic carbocycles. The van der Waals surface area contributed by atoms with Crippen molar-refractivity contribution in [3.63, 3.8) is 0 Å². The SMILES string of the molecule is CCN1CCN(c2ccc(CNC(=O)NC3CCN(C)CC3)cn2)CC1. The molecule has 2 aliphatic heterocycles. The first kappa shape index (κ1) is 18.9. The number of hydrogen-bond acceptors (Lipinski definition) is 5. The standard InChI is InChI=1S/C19H32N6O/c1-3-24-10-12-25(13-11-24)18-5-4-16(14-20-18)15-21-19(26)22-17-6-8-23(2)9-7-17/h4-5,14,17H,3,6-13,15H2,1-2H3,(H2,21,22,26). The number of anilines is 1. The average molecular weight is 361 g/mol. The lowest BCUT2D eigenvalue weighted by molar-refractivity contribution is 0.213. The highest BCUT2D eigenvalue weighted by Crippen LogP contribution is 2.14. The Morgan fingerprint density at radius 1 is 1.15 bits per heavy atom. The number of likely N-dealkylation sites (N-methyl/N-ethyl adjacent to an activating group) is 1. The first-order chi connectivity index (χ1) is 12.6. The highest BCUT2D eigenvalue weighted by atomic mass is 16.2. The highest BCUT2D eigenvalue weighted by Gasteiger charge is 2.18. The monoisotopic (exact) mass is 360 g/mol. The number of piperidine rings is 1. The summed E-state index contributed by atoms with van der Waals surface area (Å²) >= 11 is 0. The number of aromatic nitrogens is 1. The molecule has 26 heavy (non-hydrogen) atoms. The zero-order chi connectivity index (χ0) is 18.4. The number of carbonyl (C=O) groups excluding carboxylic acids is 1. The first-order valence-corrected chi connectivity index (χ1v) is 9.79. The van der Waals surface area contributed by atoms with Crippen molar-refractivity contribution < 1.29 is 4.79 Å². The molecule has 7 nitrogen and oxygen atoms in total. The topological polar surface area (TPSA) is 63.7 Å². The van der Waals surface area contributed by atoms with Crippen LogP contribution in [0.1, 0.15) is 25.3 Å². The Labute approximate surface area is 156 Å². The molecule has 0 radical (unpaired) electrons. The van der Waals surface area contributed by atoms with Gasteiger partial charge < -0.3 is 25.3 Å². The van der Waals surface area contributed by atoms with Gasteiger partial charge in [0.1, 0.15) is 5.82 Å². The van der Waals surface area contributed by atoms with Crippen molar-refractivity contribution in [2.24, 2.45) is 0 Å². The second-order valence-electron chi connectivity index (χ2n) is 7.35. The van der Waals surface area contributed by atoms with E-state index in [0.717, 1.165) is 70.0 Å². The van der Waals surface area contributed by atoms with E-state index in [-0.39, 0.29) is 12.1 Å². The Kier molecular flexibility index (Phi) is 6.68. The van der Waals surface area contributed by atoms with Crippen LogP contribution in [0, 0.1) is 0 Å². The fourth-order valence-corrected chi connectivity index (χ4v) is 3.57. The van der Waals surface area contributed by atoms with Crippen LogP contribution in [0.25, 0.3) is 0 Å². The minimum atomic E-state index is -0.0840. The molecule has 2 aliphatic rings. The van der Waals surface area contributed by atoms with Gasteiger partial charge in [-0.2, -0.15) is 0 Å². The fourth-order valence-electron chi connectivity index (χ4n) is 3.57. The molecule has 2 fully saturated rings. The lowest BCUT2D eigenvalue weighted by Gasteiger charge is -2.34. The third-order valence-electron chi connectivity index (χ3n) is 5.46. The number of carbonyl (C=O) groups is 1. The van der Waals surface area contributed by atoms with E-state index < -0.39 is 0 Å². The Balaban J connectivity index is 1.41. The van der Waals surface area contributed by atoms with Gasteiger partial charge in [0.2, 0.25) is 0 Å². The number of urea groups is 1. The molecule has 3 heterocycles. The largest absolute Gasteiger partial charge is 0.354 e. The van der Waals surface area contributed by atoms with Gasteiger partial charge in [0, 0.05) is 45.0 Å². The summed E-state index contributed by atoms with van der Waals surface area (Å²) in [6.45, 7) is 10.2. The van der Waals surface area contributed by atoms with Crippen LogP contribution in [0.2, 0.25) is 0 Å². The van der Waals surface area contributed by atoms with Gasteiger partial charge in [-0.05, 0) is 51.2 Å². The average Bonchev–Trinajstić information content (AvgIpc) is 2.69. The molecule has 7 heteroatoms. The van der Waals surface area contributed by atoms with Crippen molar-refractivity contribution in [2.45, 2.75) is 32.4 Å². The third-order valence-corrected chi connectivity index (χ3v) is 5.46. The van der Waals surface area contributed by atoms with Crippen molar-refractivity contribution in [1.82, 2.24) is 25.4 Å². The van der Waals surface area contributed by atoms with Crippen LogP contribution in [0.5, 0.6) is 0 Å². The number of pyridine rings is 1. The molecule has 0 atom stereocenters. The van der Waals surface area contributed by atoms with Gasteiger partial charge in [-0.3, -0.25) is 0 Å². The Morgan fingerprint density at radius 2 is 1.88 bits per heavy atom. The maximum Gasteiger partial charge on any atom is 0.315 e. The number of amides is 2. The molecule has 2 saturated heterocycles. The summed E-state index contributed by atoms with van der Waals surface area (Å²) in [4.78, 5) is 23.7. The lowest BCUT2D eigenvalue weighted by atomic mass is 10.1. The summed E-state index contributed by atoms with van der Waals surface area (Å²) in [6, 6.07) is 4.32. The molecular weight excluding hydrogens is 328 g/mol. The number of rotatable bonds is 5. The van der Waals surface area contributed by atoms with Crippen LogP contribution in [-0.2, 0) is 6.54 Å². The molecule has 3 rings (SSSR count). The van der Waals surface area contributed by atoms with Crippen LogP contribution in [-0.4, -0.2) is 79.7 Å². The smallest absolute Gasteiger partial charge is 0.315 e. The number of likely N-dealkylation sites (tertiary alicyclic amines) is 1. The molecule has 0 spiro atoms. The van der Waals surface area contributed by atoms with Crippen LogP contribution < -0.4 is 15.5 Å². The molecule has 0 aliphatic carbocycles. The zero-order valence-corrected chi connectivity index (χ0v) is 16.1. The van der Waals surface area contributed by atoms with Crippen molar-refractivity contribution in [3.8, 4) is 0 Å². The van der Waals surface area contributed by atoms with Crippen LogP contribution >= 0.6 is 0 Å². The van der Waals surface area contributed by atoms with Gasteiger partial charge in [0.05, 0.1) is 0 Å². The second kappa shape index (κ2) is 9.19. The van der Waals surface area contributed by atoms with Gasteiger partial charge in [-0.15, -0.1) is 0 Å². The minimum Gasteiger partial charge on any atom is -0.354 e. The predicted molar refractivity (Wildman–Crippen MR) is 104 cm³/mol. The fraction of sp³-hybridized carbons (Fsp3) is 0.684. The number of piperazine rings is 1. The maximum absolute atomic E-state index is 12.1. The summed E-state index contributed by atoms with van der Waals surface area (Å²) in [6.07, 6.45) is 3.91. The molecule has 2 amide bonds. The van der Waals surface area contributed by atoms with Crippen molar-refractivity contribution in [3.05, 3.63) is 23.9 Å². The summed E-state index contributed by atoms with van der Waals surface area (Å²) < 4.78 is 0. The Bertz CT molecular complexity index is 562. The molecular formula is C19H32N6O. The quantitative estimate of drug-likeness (QED) is 0.824. The number of nitrogens with one attached hydrogen (secondary N) is 2. The molecule has 0 bridgehead atoms. The van der Waals surface area contributed by atoms with Crippen molar-refractivity contribution in [2.75, 3.05) is 57.8 Å². The lowest BCUT2D eigenvalue weighted by Crippen LogP contribution is -2.47. The normalized spacial score (nSPS) is 20.2. The molecule has 144 valence electrons. The van der Waals surface area contributed by atoms with Crippen LogP contribution in [0.15, 0.2) is 18.3 Å². The van der Waals surface area contributed by atoms with E-state index in [1.165, 1.54) is 0 Å². The van der Waals surface area contributed by atoms with E-state index in [1.54, 1.807) is 0 Å². The summed E-state index contributed by atoms with van der Waals surface area (Å²) in [5.41, 5.74) is 1.03. The third kappa shape index (κ3) is 5.32. The summed E-state index contributed by atoms with van der Waals surface area (Å²) in [5, 5.41) is 6.02. The van der Waals surface area contributed by atoms with Gasteiger partial charge in [-0.25, -0.2) is 9.78 Å². The van der Waals surface area contributed by atoms with Crippen LogP contribution in [0.4, 0.5) is 10.6 Å². The van der Waals surface area contributed by atoms with Crippen molar-refractivity contribution in [1.29, 1.82) is 0 Å². The van der Waals surface area contributed by atoms with Gasteiger partial charge in [0.15, 0.2) is 0 Å². The molecule has 2 N–H and O–H groups in total. The second-order valence-corrected chi connectivity index (χ2v) is 7.35. The minimum absolute atomic E-state index is 0.0840. The summed E-state index contributed by atoms with van der Waals surface area (Å²) in [7, 11) is 2.12. The molecule has 1 aromatic rings. The Morgan fingerprint density at radius 3 is 2.50 bits per heavy atom. The van der Waals surface area contributed by atoms with Gasteiger partial charge >= 0.3 is 6.03 Å². The van der Waals surface area contributed by atoms with E-state index >= 15 is 0 Å². The first-order valence-electron chi connectivity index (χ1n) is 9.79. The van der Waals surface area contributed by atoms with E-state index in [4.69, 9.17) is 0 Å². The van der Waals surface area contributed by atoms with E-state index in [1.807, 2.05) is 6.20 Å².